The van der Waals surface area contributed by atoms with Crippen molar-refractivity contribution in [1.29, 1.82) is 0 Å². The van der Waals surface area contributed by atoms with Gasteiger partial charge in [-0.25, -0.2) is 9.37 Å². The summed E-state index contributed by atoms with van der Waals surface area (Å²) in [6, 6.07) is 7.96. The van der Waals surface area contributed by atoms with E-state index in [0.717, 1.165) is 44.8 Å². The van der Waals surface area contributed by atoms with Crippen LogP contribution in [0.4, 0.5) is 21.6 Å². The summed E-state index contributed by atoms with van der Waals surface area (Å²) in [5.41, 5.74) is 2.04. The highest BCUT2D eigenvalue weighted by atomic mass is 35.5. The highest BCUT2D eigenvalue weighted by Gasteiger charge is 2.26. The molecule has 3 aromatic rings. The van der Waals surface area contributed by atoms with E-state index in [2.05, 4.69) is 25.5 Å². The summed E-state index contributed by atoms with van der Waals surface area (Å²) in [5.74, 6) is 2.15. The number of anilines is 3. The van der Waals surface area contributed by atoms with Gasteiger partial charge in [0.05, 0.1) is 38.0 Å². The fraction of sp³-hybridized carbons (Fsp3) is 0.385. The molecule has 0 saturated carbocycles. The second-order valence-corrected chi connectivity index (χ2v) is 9.23. The minimum absolute atomic E-state index is 0.0136. The monoisotopic (exact) mass is 529 g/mol. The lowest BCUT2D eigenvalue weighted by Gasteiger charge is -2.26. The number of nitrogens with one attached hydrogen (secondary N) is 2. The van der Waals surface area contributed by atoms with E-state index in [0.29, 0.717) is 46.9 Å². The predicted octanol–water partition coefficient (Wildman–Crippen LogP) is 5.40. The summed E-state index contributed by atoms with van der Waals surface area (Å²) in [5, 5.41) is 6.61. The Morgan fingerprint density at radius 2 is 2.03 bits per heavy atom. The van der Waals surface area contributed by atoms with Crippen molar-refractivity contribution in [2.45, 2.75) is 19.4 Å². The van der Waals surface area contributed by atoms with Crippen molar-refractivity contribution in [3.8, 4) is 23.1 Å². The first-order chi connectivity index (χ1) is 18.0. The maximum Gasteiger partial charge on any atom is 0.248 e. The number of halogens is 2. The minimum atomic E-state index is -0.493. The van der Waals surface area contributed by atoms with Gasteiger partial charge < -0.3 is 29.6 Å². The van der Waals surface area contributed by atoms with Crippen LogP contribution in [0.3, 0.4) is 0 Å². The van der Waals surface area contributed by atoms with Gasteiger partial charge in [0.2, 0.25) is 5.88 Å². The first kappa shape index (κ1) is 25.3. The maximum absolute atomic E-state index is 13.6. The molecule has 5 rings (SSSR count). The normalized spacial score (nSPS) is 17.0. The number of hydrogen-bond donors (Lipinski definition) is 2. The van der Waals surface area contributed by atoms with E-state index < -0.39 is 5.82 Å². The molecule has 0 spiro atoms. The first-order valence-electron chi connectivity index (χ1n) is 12.2. The molecule has 0 radical (unpaired) electrons. The molecule has 9 nitrogen and oxygen atoms in total. The Morgan fingerprint density at radius 3 is 2.81 bits per heavy atom. The van der Waals surface area contributed by atoms with Gasteiger partial charge in [-0.1, -0.05) is 11.6 Å². The summed E-state index contributed by atoms with van der Waals surface area (Å²) in [6.07, 6.45) is 2.29. The molecule has 3 heterocycles. The summed E-state index contributed by atoms with van der Waals surface area (Å²) < 4.78 is 36.9. The van der Waals surface area contributed by atoms with Crippen LogP contribution in [-0.4, -0.2) is 61.4 Å². The number of benzene rings is 2. The number of fused-ring (bicyclic) bond motifs is 2. The third-order valence-corrected chi connectivity index (χ3v) is 6.59. The molecule has 2 aliphatic rings. The molecule has 2 N–H and O–H groups in total. The second kappa shape index (κ2) is 11.4. The van der Waals surface area contributed by atoms with Crippen LogP contribution in [-0.2, 0) is 4.74 Å². The zero-order valence-corrected chi connectivity index (χ0v) is 21.5. The van der Waals surface area contributed by atoms with Crippen molar-refractivity contribution < 1.29 is 23.3 Å². The number of nitrogens with zero attached hydrogens (tertiary/aromatic N) is 3. The summed E-state index contributed by atoms with van der Waals surface area (Å²) in [6.45, 7) is 7.01. The van der Waals surface area contributed by atoms with Gasteiger partial charge in [-0.05, 0) is 37.6 Å². The largest absolute Gasteiger partial charge is 0.493 e. The molecular formula is C26H29ClFN5O4. The molecule has 1 aromatic heterocycles. The Kier molecular flexibility index (Phi) is 7.78. The Balaban J connectivity index is 1.33. The molecule has 1 fully saturated rings. The maximum atomic E-state index is 13.6. The molecule has 0 aliphatic carbocycles. The van der Waals surface area contributed by atoms with Crippen molar-refractivity contribution in [3.05, 3.63) is 53.1 Å². The molecule has 196 valence electrons. The van der Waals surface area contributed by atoms with Crippen LogP contribution < -0.4 is 24.8 Å². The first-order valence-corrected chi connectivity index (χ1v) is 12.6. The van der Waals surface area contributed by atoms with Gasteiger partial charge in [0, 0.05) is 37.0 Å². The Bertz CT molecular complexity index is 1260. The number of ether oxygens (including phenoxy) is 4. The van der Waals surface area contributed by atoms with Crippen LogP contribution in [0.25, 0.3) is 0 Å². The highest BCUT2D eigenvalue weighted by molar-refractivity contribution is 6.31. The standard InChI is InChI=1S/C26H29ClFN5O4/c1-16-18-13-23(36-9-3-6-33-7-10-35-11-8-33)22(34-2)14-21(18)37-26-24(31-16)25(29-15-30-26)32-17-4-5-20(28)19(27)12-17/h4-5,12-16,31H,3,6-11H2,1-2H3,(H,29,30,32). The average Bonchev–Trinajstić information content (AvgIpc) is 3.05. The quantitative estimate of drug-likeness (QED) is 0.372. The molecular weight excluding hydrogens is 501 g/mol. The van der Waals surface area contributed by atoms with E-state index in [1.54, 1.807) is 13.2 Å². The molecule has 37 heavy (non-hydrogen) atoms. The summed E-state index contributed by atoms with van der Waals surface area (Å²) in [7, 11) is 1.60. The number of hydrogen-bond acceptors (Lipinski definition) is 9. The van der Waals surface area contributed by atoms with Gasteiger partial charge >= 0.3 is 0 Å². The zero-order valence-electron chi connectivity index (χ0n) is 20.7. The fourth-order valence-electron chi connectivity index (χ4n) is 4.33. The van der Waals surface area contributed by atoms with Crippen molar-refractivity contribution in [3.63, 3.8) is 0 Å². The molecule has 0 amide bonds. The lowest BCUT2D eigenvalue weighted by Crippen LogP contribution is -2.37. The highest BCUT2D eigenvalue weighted by Crippen LogP contribution is 2.46. The van der Waals surface area contributed by atoms with E-state index in [1.807, 2.05) is 19.1 Å². The Morgan fingerprint density at radius 1 is 1.19 bits per heavy atom. The second-order valence-electron chi connectivity index (χ2n) is 8.82. The molecule has 1 atom stereocenters. The van der Waals surface area contributed by atoms with E-state index in [9.17, 15) is 4.39 Å². The van der Waals surface area contributed by atoms with Gasteiger partial charge in [-0.2, -0.15) is 4.98 Å². The van der Waals surface area contributed by atoms with E-state index in [-0.39, 0.29) is 11.1 Å². The van der Waals surface area contributed by atoms with Crippen LogP contribution in [0.15, 0.2) is 36.7 Å². The number of methoxy groups -OCH3 is 1. The van der Waals surface area contributed by atoms with Gasteiger partial charge in [-0.15, -0.1) is 0 Å². The molecule has 1 unspecified atom stereocenters. The molecule has 2 aromatic carbocycles. The number of morpholine rings is 1. The average molecular weight is 530 g/mol. The van der Waals surface area contributed by atoms with Crippen molar-refractivity contribution in [1.82, 2.24) is 14.9 Å². The third kappa shape index (κ3) is 5.82. The topological polar surface area (TPSA) is 90.0 Å². The van der Waals surface area contributed by atoms with Crippen LogP contribution in [0.2, 0.25) is 5.02 Å². The van der Waals surface area contributed by atoms with E-state index >= 15 is 0 Å². The van der Waals surface area contributed by atoms with Gasteiger partial charge in [0.25, 0.3) is 0 Å². The Labute approximate surface area is 219 Å². The van der Waals surface area contributed by atoms with Crippen LogP contribution >= 0.6 is 11.6 Å². The minimum Gasteiger partial charge on any atom is -0.493 e. The van der Waals surface area contributed by atoms with Crippen LogP contribution in [0.5, 0.6) is 23.1 Å². The van der Waals surface area contributed by atoms with Crippen molar-refractivity contribution in [2.75, 3.05) is 57.2 Å². The molecule has 0 bridgehead atoms. The van der Waals surface area contributed by atoms with Gasteiger partial charge in [0.15, 0.2) is 17.3 Å². The van der Waals surface area contributed by atoms with Gasteiger partial charge in [0.1, 0.15) is 23.6 Å². The van der Waals surface area contributed by atoms with Crippen LogP contribution in [0, 0.1) is 5.82 Å². The smallest absolute Gasteiger partial charge is 0.248 e. The summed E-state index contributed by atoms with van der Waals surface area (Å²) in [4.78, 5) is 11.1. The SMILES string of the molecule is COc1cc2c(cc1OCCCN1CCOCC1)C(C)Nc1c(Nc3ccc(F)c(Cl)c3)ncnc1O2. The number of aromatic nitrogens is 2. The Hall–Kier alpha value is -3.34. The van der Waals surface area contributed by atoms with E-state index in [1.165, 1.54) is 18.5 Å². The number of rotatable bonds is 8. The zero-order chi connectivity index (χ0) is 25.8. The molecule has 2 aliphatic heterocycles. The van der Waals surface area contributed by atoms with Gasteiger partial charge in [-0.3, -0.25) is 4.90 Å². The predicted molar refractivity (Wildman–Crippen MR) is 139 cm³/mol. The van der Waals surface area contributed by atoms with Crippen molar-refractivity contribution >= 4 is 28.8 Å². The third-order valence-electron chi connectivity index (χ3n) is 6.30. The van der Waals surface area contributed by atoms with Crippen molar-refractivity contribution in [2.24, 2.45) is 0 Å². The van der Waals surface area contributed by atoms with Crippen LogP contribution in [0.1, 0.15) is 24.9 Å². The lowest BCUT2D eigenvalue weighted by molar-refractivity contribution is 0.0357. The summed E-state index contributed by atoms with van der Waals surface area (Å²) >= 11 is 5.94. The van der Waals surface area contributed by atoms with E-state index in [4.69, 9.17) is 30.5 Å². The molecule has 11 heteroatoms. The molecule has 1 saturated heterocycles. The lowest BCUT2D eigenvalue weighted by atomic mass is 10.1. The fourth-order valence-corrected chi connectivity index (χ4v) is 4.51.